The van der Waals surface area contributed by atoms with Gasteiger partial charge < -0.3 is 19.4 Å². The van der Waals surface area contributed by atoms with E-state index in [4.69, 9.17) is 23.6 Å². The van der Waals surface area contributed by atoms with Gasteiger partial charge in [-0.05, 0) is 20.3 Å². The molecule has 0 bridgehead atoms. The van der Waals surface area contributed by atoms with E-state index in [9.17, 15) is 23.6 Å². The molecule has 5 atom stereocenters. The quantitative estimate of drug-likeness (QED) is 0.409. The summed E-state index contributed by atoms with van der Waals surface area (Å²) in [6.45, 7) is 3.06. The molecule has 1 fully saturated rings. The van der Waals surface area contributed by atoms with Crippen molar-refractivity contribution in [1.82, 2.24) is 9.55 Å². The summed E-state index contributed by atoms with van der Waals surface area (Å²) in [4.78, 5) is 53.9. The fourth-order valence-electron chi connectivity index (χ4n) is 3.26. The Morgan fingerprint density at radius 2 is 1.90 bits per heavy atom. The summed E-state index contributed by atoms with van der Waals surface area (Å²) in [7, 11) is -7.72. The van der Waals surface area contributed by atoms with E-state index >= 15 is 0 Å². The van der Waals surface area contributed by atoms with Gasteiger partial charge in [-0.15, -0.1) is 0 Å². The van der Waals surface area contributed by atoms with Gasteiger partial charge in [0, 0.05) is 31.1 Å². The van der Waals surface area contributed by atoms with Gasteiger partial charge in [-0.1, -0.05) is 6.08 Å². The van der Waals surface area contributed by atoms with Crippen LogP contribution in [0, 0.1) is 5.92 Å². The Labute approximate surface area is 165 Å². The molecule has 0 aliphatic heterocycles. The molecule has 1 aromatic heterocycles. The number of hydrogen-bond acceptors (Lipinski definition) is 7. The molecule has 4 N–H and O–H groups in total. The maximum Gasteiger partial charge on any atom is 0.472 e. The summed E-state index contributed by atoms with van der Waals surface area (Å²) in [5, 5.41) is 0. The van der Waals surface area contributed by atoms with Gasteiger partial charge in [-0.2, -0.15) is 0 Å². The highest BCUT2D eigenvalue weighted by molar-refractivity contribution is 7.55. The molecule has 1 heterocycles. The van der Waals surface area contributed by atoms with Crippen molar-refractivity contribution in [2.75, 3.05) is 7.11 Å². The Morgan fingerprint density at radius 1 is 1.24 bits per heavy atom. The standard InChI is InChI=1S/C15H24N2O10P2/c1-9(2)26-29(23,24)27-14-11(17-6-4-12(18)16-15(17)19)8-10(13(14)25-3)5-7-28(20,21)22/h4-7,9-11,13-14H,8H2,1-3H3,(H,23,24)(H,16,18,19)(H2,20,21,22)/b7-5+/t10-,11-,13+,14-/m0/s1. The zero-order chi connectivity index (χ0) is 22.0. The number of aromatic nitrogens is 2. The topological polar surface area (TPSA) is 177 Å². The lowest BCUT2D eigenvalue weighted by molar-refractivity contribution is -0.0241. The first-order chi connectivity index (χ1) is 13.3. The number of ether oxygens (including phenoxy) is 1. The van der Waals surface area contributed by atoms with Crippen LogP contribution < -0.4 is 11.2 Å². The lowest BCUT2D eigenvalue weighted by Crippen LogP contribution is -2.38. The highest BCUT2D eigenvalue weighted by atomic mass is 31.2. The van der Waals surface area contributed by atoms with Crippen LogP contribution in [0.5, 0.6) is 0 Å². The lowest BCUT2D eigenvalue weighted by atomic mass is 10.1. The molecular formula is C15H24N2O10P2. The molecule has 0 spiro atoms. The second-order valence-corrected chi connectivity index (χ2v) is 9.64. The van der Waals surface area contributed by atoms with Gasteiger partial charge in [-0.25, -0.2) is 9.36 Å². The maximum absolute atomic E-state index is 12.3. The highest BCUT2D eigenvalue weighted by Crippen LogP contribution is 2.52. The van der Waals surface area contributed by atoms with Crippen LogP contribution in [0.2, 0.25) is 0 Å². The van der Waals surface area contributed by atoms with E-state index in [0.29, 0.717) is 5.82 Å². The van der Waals surface area contributed by atoms with E-state index in [0.717, 1.165) is 10.6 Å². The van der Waals surface area contributed by atoms with E-state index in [1.54, 1.807) is 0 Å². The largest absolute Gasteiger partial charge is 0.472 e. The maximum atomic E-state index is 12.3. The average molecular weight is 454 g/mol. The van der Waals surface area contributed by atoms with Crippen LogP contribution in [0.25, 0.3) is 0 Å². The predicted molar refractivity (Wildman–Crippen MR) is 101 cm³/mol. The van der Waals surface area contributed by atoms with Crippen molar-refractivity contribution in [2.45, 2.75) is 44.6 Å². The molecule has 0 aromatic carbocycles. The fraction of sp³-hybridized carbons (Fsp3) is 0.600. The highest BCUT2D eigenvalue weighted by Gasteiger charge is 2.48. The van der Waals surface area contributed by atoms with Crippen LogP contribution in [0.1, 0.15) is 26.3 Å². The number of nitrogens with one attached hydrogen (secondary N) is 1. The van der Waals surface area contributed by atoms with Crippen molar-refractivity contribution in [3.05, 3.63) is 45.0 Å². The first kappa shape index (κ1) is 23.9. The van der Waals surface area contributed by atoms with Crippen molar-refractivity contribution in [2.24, 2.45) is 5.92 Å². The second kappa shape index (κ2) is 9.20. The molecule has 14 heteroatoms. The van der Waals surface area contributed by atoms with Gasteiger partial charge in [0.25, 0.3) is 5.56 Å². The van der Waals surface area contributed by atoms with Crippen molar-refractivity contribution in [1.29, 1.82) is 0 Å². The third kappa shape index (κ3) is 6.56. The van der Waals surface area contributed by atoms with E-state index in [2.05, 4.69) is 4.98 Å². The Hall–Kier alpha value is -1.36. The molecule has 1 unspecified atom stereocenters. The van der Waals surface area contributed by atoms with Crippen LogP contribution in [0.4, 0.5) is 0 Å². The van der Waals surface area contributed by atoms with Gasteiger partial charge in [0.05, 0.1) is 18.2 Å². The van der Waals surface area contributed by atoms with Crippen LogP contribution >= 0.6 is 15.4 Å². The summed E-state index contributed by atoms with van der Waals surface area (Å²) < 4.78 is 40.2. The van der Waals surface area contributed by atoms with E-state index in [-0.39, 0.29) is 6.42 Å². The average Bonchev–Trinajstić information content (AvgIpc) is 2.87. The first-order valence-electron chi connectivity index (χ1n) is 8.61. The number of phosphoric acid groups is 1. The number of H-pyrrole nitrogens is 1. The Morgan fingerprint density at radius 3 is 2.41 bits per heavy atom. The zero-order valence-electron chi connectivity index (χ0n) is 15.9. The summed E-state index contributed by atoms with van der Waals surface area (Å²) in [5.41, 5.74) is -1.40. The molecule has 2 rings (SSSR count). The number of methoxy groups -OCH3 is 1. The van der Waals surface area contributed by atoms with E-state index < -0.39 is 56.9 Å². The minimum Gasteiger partial charge on any atom is -0.378 e. The van der Waals surface area contributed by atoms with Gasteiger partial charge in [0.1, 0.15) is 6.10 Å². The van der Waals surface area contributed by atoms with Crippen LogP contribution in [-0.2, 0) is 22.9 Å². The fourth-order valence-corrected chi connectivity index (χ4v) is 4.86. The Balaban J connectivity index is 2.47. The van der Waals surface area contributed by atoms with Crippen LogP contribution in [0.3, 0.4) is 0 Å². The minimum absolute atomic E-state index is 0.0767. The van der Waals surface area contributed by atoms with Crippen LogP contribution in [-0.4, -0.2) is 49.7 Å². The third-order valence-corrected chi connectivity index (χ3v) is 6.00. The van der Waals surface area contributed by atoms with Crippen molar-refractivity contribution < 1.29 is 37.6 Å². The van der Waals surface area contributed by atoms with Crippen molar-refractivity contribution >= 4 is 15.4 Å². The predicted octanol–water partition coefficient (Wildman–Crippen LogP) is 0.715. The second-order valence-electron chi connectivity index (χ2n) is 6.81. The first-order valence-corrected chi connectivity index (χ1v) is 11.8. The Bertz CT molecular complexity index is 949. The third-order valence-electron chi connectivity index (χ3n) is 4.25. The van der Waals surface area contributed by atoms with Gasteiger partial charge in [0.15, 0.2) is 0 Å². The molecule has 1 aliphatic carbocycles. The van der Waals surface area contributed by atoms with Crippen LogP contribution in [0.15, 0.2) is 33.7 Å². The minimum atomic E-state index is -4.55. The molecule has 29 heavy (non-hydrogen) atoms. The van der Waals surface area contributed by atoms with Gasteiger partial charge in [-0.3, -0.25) is 28.0 Å². The normalized spacial score (nSPS) is 27.6. The molecule has 1 saturated carbocycles. The number of phosphoric ester groups is 1. The summed E-state index contributed by atoms with van der Waals surface area (Å²) in [6, 6.07) is 0.217. The Kier molecular flexibility index (Phi) is 7.58. The van der Waals surface area contributed by atoms with E-state index in [1.807, 2.05) is 0 Å². The SMILES string of the molecule is CO[C@H]1[C@@H](OP(=O)(O)OC(C)C)[C@@H](n2ccc(=O)[nH]c2=O)C[C@@H]1/C=C/P(=O)(O)O. The smallest absolute Gasteiger partial charge is 0.378 e. The molecule has 0 radical (unpaired) electrons. The van der Waals surface area contributed by atoms with Gasteiger partial charge in [0.2, 0.25) is 0 Å². The monoisotopic (exact) mass is 454 g/mol. The zero-order valence-corrected chi connectivity index (χ0v) is 17.7. The molecular weight excluding hydrogens is 430 g/mol. The lowest BCUT2D eigenvalue weighted by Gasteiger charge is -2.28. The number of nitrogens with zero attached hydrogens (tertiary/aromatic N) is 1. The number of hydrogen-bond donors (Lipinski definition) is 4. The molecule has 0 amide bonds. The molecule has 164 valence electrons. The van der Waals surface area contributed by atoms with Crippen molar-refractivity contribution in [3.63, 3.8) is 0 Å². The molecule has 1 aromatic rings. The van der Waals surface area contributed by atoms with Gasteiger partial charge >= 0.3 is 21.1 Å². The summed E-state index contributed by atoms with van der Waals surface area (Å²) >= 11 is 0. The molecule has 12 nitrogen and oxygen atoms in total. The van der Waals surface area contributed by atoms with Crippen molar-refractivity contribution in [3.8, 4) is 0 Å². The summed E-state index contributed by atoms with van der Waals surface area (Å²) in [5.74, 6) is 0.0301. The number of aromatic amines is 1. The number of rotatable bonds is 8. The van der Waals surface area contributed by atoms with E-state index in [1.165, 1.54) is 33.2 Å². The molecule has 1 aliphatic rings. The summed E-state index contributed by atoms with van der Waals surface area (Å²) in [6.07, 6.45) is -0.258. The molecule has 0 saturated heterocycles.